The van der Waals surface area contributed by atoms with Crippen molar-refractivity contribution in [1.29, 1.82) is 0 Å². The lowest BCUT2D eigenvalue weighted by Crippen LogP contribution is -2.32. The fraction of sp³-hybridized carbons (Fsp3) is 0.833. The topological polar surface area (TPSA) is 67.4 Å². The van der Waals surface area contributed by atoms with Crippen molar-refractivity contribution in [1.82, 2.24) is 10.6 Å². The minimum atomic E-state index is -0.218. The fourth-order valence-corrected chi connectivity index (χ4v) is 1.55. The van der Waals surface area contributed by atoms with Gasteiger partial charge in [-0.3, -0.25) is 9.59 Å². The lowest BCUT2D eigenvalue weighted by molar-refractivity contribution is -0.142. The van der Waals surface area contributed by atoms with Gasteiger partial charge in [0.15, 0.2) is 0 Å². The molecular formula is C12H24N2O3. The molecule has 0 aliphatic carbocycles. The Balaban J connectivity index is 3.40. The number of carbonyl (C=O) groups excluding carboxylic acids is 2. The van der Waals surface area contributed by atoms with Crippen molar-refractivity contribution in [3.8, 4) is 0 Å². The van der Waals surface area contributed by atoms with Gasteiger partial charge in [0, 0.05) is 0 Å². The van der Waals surface area contributed by atoms with Crippen LogP contribution in [0.25, 0.3) is 0 Å². The highest BCUT2D eigenvalue weighted by Gasteiger charge is 2.10. The molecule has 0 radical (unpaired) electrons. The number of esters is 1. The Bertz CT molecular complexity index is 232. The van der Waals surface area contributed by atoms with Gasteiger partial charge in [0.1, 0.15) is 5.78 Å². The summed E-state index contributed by atoms with van der Waals surface area (Å²) >= 11 is 0. The molecule has 0 spiro atoms. The zero-order valence-electron chi connectivity index (χ0n) is 11.0. The third-order valence-electron chi connectivity index (χ3n) is 2.51. The fourth-order valence-electron chi connectivity index (χ4n) is 1.55. The highest BCUT2D eigenvalue weighted by Crippen LogP contribution is 2.00. The van der Waals surface area contributed by atoms with Crippen LogP contribution in [-0.4, -0.2) is 44.5 Å². The van der Waals surface area contributed by atoms with Crippen LogP contribution in [0.5, 0.6) is 0 Å². The van der Waals surface area contributed by atoms with Gasteiger partial charge in [0.05, 0.1) is 19.2 Å². The van der Waals surface area contributed by atoms with Crippen LogP contribution in [0.1, 0.15) is 33.1 Å². The molecule has 0 saturated heterocycles. The predicted molar refractivity (Wildman–Crippen MR) is 66.9 cm³/mol. The van der Waals surface area contributed by atoms with Crippen molar-refractivity contribution in [2.45, 2.75) is 39.2 Å². The Labute approximate surface area is 103 Å². The van der Waals surface area contributed by atoms with E-state index in [-0.39, 0.29) is 24.3 Å². The maximum atomic E-state index is 11.1. The van der Waals surface area contributed by atoms with E-state index in [1.165, 1.54) is 0 Å². The van der Waals surface area contributed by atoms with Gasteiger partial charge < -0.3 is 15.4 Å². The summed E-state index contributed by atoms with van der Waals surface area (Å²) in [7, 11) is 1.80. The van der Waals surface area contributed by atoms with Crippen molar-refractivity contribution >= 4 is 11.8 Å². The molecule has 0 aromatic rings. The van der Waals surface area contributed by atoms with Gasteiger partial charge in [-0.15, -0.1) is 0 Å². The molecule has 5 heteroatoms. The molecule has 0 aliphatic heterocycles. The van der Waals surface area contributed by atoms with E-state index in [1.807, 2.05) is 0 Å². The van der Waals surface area contributed by atoms with E-state index >= 15 is 0 Å². The van der Waals surface area contributed by atoms with Crippen LogP contribution in [0.15, 0.2) is 0 Å². The molecule has 100 valence electrons. The molecule has 2 N–H and O–H groups in total. The van der Waals surface area contributed by atoms with Gasteiger partial charge in [-0.25, -0.2) is 0 Å². The normalized spacial score (nSPS) is 12.2. The number of nitrogens with one attached hydrogen (secondary N) is 2. The summed E-state index contributed by atoms with van der Waals surface area (Å²) in [4.78, 5) is 22.1. The van der Waals surface area contributed by atoms with Crippen LogP contribution in [0.4, 0.5) is 0 Å². The SMILES string of the molecule is CCOC(=O)CNCCCC[C@H](NC)C(C)=O. The highest BCUT2D eigenvalue weighted by molar-refractivity contribution is 5.81. The van der Waals surface area contributed by atoms with E-state index in [9.17, 15) is 9.59 Å². The van der Waals surface area contributed by atoms with E-state index in [1.54, 1.807) is 20.9 Å². The summed E-state index contributed by atoms with van der Waals surface area (Å²) < 4.78 is 4.78. The number of rotatable bonds is 10. The van der Waals surface area contributed by atoms with Gasteiger partial charge in [-0.2, -0.15) is 0 Å². The molecule has 0 aromatic heterocycles. The van der Waals surface area contributed by atoms with Crippen molar-refractivity contribution in [3.05, 3.63) is 0 Å². The number of Topliss-reactive ketones (excluding diaryl/α,β-unsaturated/α-hetero) is 1. The lowest BCUT2D eigenvalue weighted by Gasteiger charge is -2.12. The van der Waals surface area contributed by atoms with Gasteiger partial charge in [-0.1, -0.05) is 6.42 Å². The zero-order valence-corrected chi connectivity index (χ0v) is 11.0. The maximum Gasteiger partial charge on any atom is 0.319 e. The number of ether oxygens (including phenoxy) is 1. The number of ketones is 1. The van der Waals surface area contributed by atoms with Crippen LogP contribution < -0.4 is 10.6 Å². The van der Waals surface area contributed by atoms with Gasteiger partial charge in [0.25, 0.3) is 0 Å². The monoisotopic (exact) mass is 244 g/mol. The molecule has 5 nitrogen and oxygen atoms in total. The van der Waals surface area contributed by atoms with Crippen LogP contribution in [0.3, 0.4) is 0 Å². The summed E-state index contributed by atoms with van der Waals surface area (Å²) in [6.45, 7) is 4.84. The molecule has 0 aliphatic rings. The van der Waals surface area contributed by atoms with Crippen molar-refractivity contribution in [2.75, 3.05) is 26.7 Å². The summed E-state index contributed by atoms with van der Waals surface area (Å²) in [6, 6.07) is -0.0416. The number of hydrogen-bond donors (Lipinski definition) is 2. The smallest absolute Gasteiger partial charge is 0.319 e. The second-order valence-electron chi connectivity index (χ2n) is 3.93. The first-order chi connectivity index (χ1) is 8.11. The van der Waals surface area contributed by atoms with Crippen LogP contribution in [0, 0.1) is 0 Å². The Morgan fingerprint density at radius 1 is 1.29 bits per heavy atom. The molecule has 0 fully saturated rings. The van der Waals surface area contributed by atoms with Crippen molar-refractivity contribution in [2.24, 2.45) is 0 Å². The van der Waals surface area contributed by atoms with E-state index in [0.717, 1.165) is 25.8 Å². The van der Waals surface area contributed by atoms with Crippen molar-refractivity contribution in [3.63, 3.8) is 0 Å². The second kappa shape index (κ2) is 10.2. The largest absolute Gasteiger partial charge is 0.465 e. The Morgan fingerprint density at radius 3 is 2.53 bits per heavy atom. The van der Waals surface area contributed by atoms with Gasteiger partial charge in [0.2, 0.25) is 0 Å². The Morgan fingerprint density at radius 2 is 2.00 bits per heavy atom. The summed E-state index contributed by atoms with van der Waals surface area (Å²) in [5, 5.41) is 5.99. The van der Waals surface area contributed by atoms with Crippen LogP contribution in [-0.2, 0) is 14.3 Å². The van der Waals surface area contributed by atoms with Crippen LogP contribution >= 0.6 is 0 Å². The highest BCUT2D eigenvalue weighted by atomic mass is 16.5. The molecule has 0 saturated carbocycles. The lowest BCUT2D eigenvalue weighted by atomic mass is 10.1. The second-order valence-corrected chi connectivity index (χ2v) is 3.93. The minimum Gasteiger partial charge on any atom is -0.465 e. The van der Waals surface area contributed by atoms with Crippen LogP contribution in [0.2, 0.25) is 0 Å². The number of carbonyl (C=O) groups is 2. The predicted octanol–water partition coefficient (Wildman–Crippen LogP) is 0.486. The molecule has 1 atom stereocenters. The first-order valence-electron chi connectivity index (χ1n) is 6.15. The number of hydrogen-bond acceptors (Lipinski definition) is 5. The van der Waals surface area contributed by atoms with E-state index in [2.05, 4.69) is 10.6 Å². The first kappa shape index (κ1) is 16.1. The maximum absolute atomic E-state index is 11.1. The minimum absolute atomic E-state index is 0.0416. The Kier molecular flexibility index (Phi) is 9.66. The number of unbranched alkanes of at least 4 members (excludes halogenated alkanes) is 1. The molecule has 0 heterocycles. The van der Waals surface area contributed by atoms with E-state index in [4.69, 9.17) is 4.74 Å². The molecule has 0 unspecified atom stereocenters. The standard InChI is InChI=1S/C12H24N2O3/c1-4-17-12(16)9-14-8-6-5-7-11(13-3)10(2)15/h11,13-14H,4-9H2,1-3H3/t11-/m0/s1. The van der Waals surface area contributed by atoms with Gasteiger partial charge in [-0.05, 0) is 40.3 Å². The average molecular weight is 244 g/mol. The molecular weight excluding hydrogens is 220 g/mol. The van der Waals surface area contributed by atoms with Crippen molar-refractivity contribution < 1.29 is 14.3 Å². The third kappa shape index (κ3) is 8.83. The molecule has 0 rings (SSSR count). The summed E-state index contributed by atoms with van der Waals surface area (Å²) in [5.41, 5.74) is 0. The van der Waals surface area contributed by atoms with E-state index < -0.39 is 0 Å². The quantitative estimate of drug-likeness (QED) is 0.432. The molecule has 17 heavy (non-hydrogen) atoms. The molecule has 0 bridgehead atoms. The zero-order chi connectivity index (χ0) is 13.1. The average Bonchev–Trinajstić information content (AvgIpc) is 2.28. The third-order valence-corrected chi connectivity index (χ3v) is 2.51. The molecule has 0 aromatic carbocycles. The first-order valence-corrected chi connectivity index (χ1v) is 6.15. The summed E-state index contributed by atoms with van der Waals surface area (Å²) in [5.74, 6) is -0.0451. The van der Waals surface area contributed by atoms with E-state index in [0.29, 0.717) is 6.61 Å². The molecule has 0 amide bonds. The number of likely N-dealkylation sites (N-methyl/N-ethyl adjacent to an activating group) is 1. The summed E-state index contributed by atoms with van der Waals surface area (Å²) in [6.07, 6.45) is 2.75. The Hall–Kier alpha value is -0.940. The van der Waals surface area contributed by atoms with Gasteiger partial charge >= 0.3 is 5.97 Å².